The van der Waals surface area contributed by atoms with Crippen LogP contribution < -0.4 is 0 Å². The summed E-state index contributed by atoms with van der Waals surface area (Å²) >= 11 is 6.94. The lowest BCUT2D eigenvalue weighted by Gasteiger charge is -1.86. The number of para-hydroxylation sites is 2. The number of hydrogen-bond acceptors (Lipinski definition) is 7. The van der Waals surface area contributed by atoms with Crippen LogP contribution in [0.15, 0.2) is 210 Å². The summed E-state index contributed by atoms with van der Waals surface area (Å²) in [6, 6.07) is 43.4. The number of fused-ring (bicyclic) bond motifs is 4. The first-order valence-electron chi connectivity index (χ1n) is 25.5. The Morgan fingerprint density at radius 3 is 1.04 bits per heavy atom. The quantitative estimate of drug-likeness (QED) is 0.141. The van der Waals surface area contributed by atoms with Crippen LogP contribution in [-0.2, 0) is 0 Å². The number of H-pyrrole nitrogens is 3. The van der Waals surface area contributed by atoms with E-state index in [4.69, 9.17) is 0 Å². The summed E-state index contributed by atoms with van der Waals surface area (Å²) < 4.78 is 2.78. The van der Waals surface area contributed by atoms with E-state index in [0.29, 0.717) is 0 Å². The van der Waals surface area contributed by atoms with Crippen molar-refractivity contribution in [1.82, 2.24) is 29.9 Å². The maximum absolute atomic E-state index is 3.78. The van der Waals surface area contributed by atoms with E-state index < -0.39 is 0 Å². The SMILES string of the molecule is CC.CC.CC.CC.CC.CC.Cc1c[nH]c2ccccc12.Cc1c[nH]c2ccccc12.Cc1csc2ccccc12.Cc1csc2ccccc12.c1c[nH]cn1.c1ccncc1.c1ccsc1.c1cscn1. The van der Waals surface area contributed by atoms with Gasteiger partial charge in [-0.25, -0.2) is 4.98 Å². The predicted molar refractivity (Wildman–Crippen MR) is 337 cm³/mol. The zero-order chi connectivity index (χ0) is 54.7. The zero-order valence-electron chi connectivity index (χ0n) is 46.7. The number of aromatic amines is 3. The average Bonchev–Trinajstić information content (AvgIpc) is 4.36. The third-order valence-corrected chi connectivity index (χ3v) is 12.0. The van der Waals surface area contributed by atoms with Gasteiger partial charge in [0.15, 0.2) is 0 Å². The standard InChI is InChI=1S/2C9H9N.2C9H8S.C5H5N.C4H4S.C3H4N2.C3H3NS.6C2H6/c4*1-7-6-10-9-5-3-2-4-8(7)9;1-2-4-6-5-3-1;1-2-4-5-3-1;2*1-2-5-3-4-1;6*1-2/h2*2-6,10H,1H3;2*2-6H,1H3;1-5H;1-4H;1-3H,(H,4,5);1-3H;6*1-2H3. The summed E-state index contributed by atoms with van der Waals surface area (Å²) in [7, 11) is 0. The van der Waals surface area contributed by atoms with Crippen molar-refractivity contribution in [3.8, 4) is 0 Å². The number of pyridine rings is 1. The Balaban J connectivity index is 0. The lowest BCUT2D eigenvalue weighted by atomic mass is 10.2. The Kier molecular flexibility index (Phi) is 46.2. The highest BCUT2D eigenvalue weighted by Gasteiger charge is 1.97. The molecule has 0 saturated heterocycles. The first-order chi connectivity index (χ1) is 36.0. The van der Waals surface area contributed by atoms with Crippen LogP contribution in [0.5, 0.6) is 0 Å². The molecule has 0 fully saturated rings. The molecule has 4 aromatic carbocycles. The maximum Gasteiger partial charge on any atom is 0.0919 e. The van der Waals surface area contributed by atoms with Crippen LogP contribution in [0, 0.1) is 27.7 Å². The van der Waals surface area contributed by atoms with Gasteiger partial charge in [0.2, 0.25) is 0 Å². The van der Waals surface area contributed by atoms with E-state index in [2.05, 4.69) is 153 Å². The average molecular weight is 1060 g/mol. The zero-order valence-corrected chi connectivity index (χ0v) is 49.9. The number of aryl methyl sites for hydroxylation is 4. The molecule has 392 valence electrons. The van der Waals surface area contributed by atoms with Gasteiger partial charge in [0, 0.05) is 80.0 Å². The summed E-state index contributed by atoms with van der Waals surface area (Å²) in [5.41, 5.74) is 9.65. The lowest BCUT2D eigenvalue weighted by molar-refractivity contribution is 1.31. The smallest absolute Gasteiger partial charge is 0.0919 e. The highest BCUT2D eigenvalue weighted by atomic mass is 32.1. The summed E-state index contributed by atoms with van der Waals surface area (Å²) in [5.74, 6) is 0. The van der Waals surface area contributed by atoms with Crippen LogP contribution in [0.25, 0.3) is 42.0 Å². The molecule has 73 heavy (non-hydrogen) atoms. The number of thiazole rings is 1. The van der Waals surface area contributed by atoms with Crippen molar-refractivity contribution in [2.45, 2.75) is 111 Å². The van der Waals surface area contributed by atoms with E-state index in [-0.39, 0.29) is 0 Å². The first-order valence-corrected chi connectivity index (χ1v) is 29.1. The summed E-state index contributed by atoms with van der Waals surface area (Å²) in [6.45, 7) is 32.5. The Morgan fingerprint density at radius 1 is 0.356 bits per heavy atom. The van der Waals surface area contributed by atoms with Crippen LogP contribution in [-0.4, -0.2) is 29.9 Å². The highest BCUT2D eigenvalue weighted by Crippen LogP contribution is 2.25. The summed E-state index contributed by atoms with van der Waals surface area (Å²) in [5, 5.41) is 15.8. The number of benzene rings is 4. The maximum atomic E-state index is 3.78. The van der Waals surface area contributed by atoms with Crippen LogP contribution in [0.3, 0.4) is 0 Å². The number of nitrogens with one attached hydrogen (secondary N) is 3. The van der Waals surface area contributed by atoms with Gasteiger partial charge in [-0.3, -0.25) is 9.97 Å². The van der Waals surface area contributed by atoms with Gasteiger partial charge in [-0.15, -0.1) is 34.0 Å². The van der Waals surface area contributed by atoms with Crippen LogP contribution in [0.1, 0.15) is 105 Å². The van der Waals surface area contributed by atoms with Gasteiger partial charge >= 0.3 is 0 Å². The van der Waals surface area contributed by atoms with Gasteiger partial charge < -0.3 is 15.0 Å². The van der Waals surface area contributed by atoms with Gasteiger partial charge in [0.05, 0.1) is 11.8 Å². The summed E-state index contributed by atoms with van der Waals surface area (Å²) in [6.07, 6.45) is 14.4. The fourth-order valence-electron chi connectivity index (χ4n) is 5.58. The van der Waals surface area contributed by atoms with E-state index in [1.54, 1.807) is 65.5 Å². The molecule has 12 aromatic rings. The van der Waals surface area contributed by atoms with Gasteiger partial charge in [-0.1, -0.05) is 174 Å². The molecule has 0 aliphatic carbocycles. The van der Waals surface area contributed by atoms with E-state index >= 15 is 0 Å². The number of rotatable bonds is 0. The lowest BCUT2D eigenvalue weighted by Crippen LogP contribution is -1.64. The van der Waals surface area contributed by atoms with E-state index in [0.717, 1.165) is 0 Å². The second kappa shape index (κ2) is 49.2. The molecule has 10 heteroatoms. The van der Waals surface area contributed by atoms with Crippen molar-refractivity contribution in [2.75, 3.05) is 0 Å². The van der Waals surface area contributed by atoms with E-state index in [1.165, 1.54) is 64.2 Å². The van der Waals surface area contributed by atoms with Crippen molar-refractivity contribution >= 4 is 87.3 Å². The first kappa shape index (κ1) is 68.6. The minimum atomic E-state index is 1.22. The molecule has 6 nitrogen and oxygen atoms in total. The topological polar surface area (TPSA) is 86.0 Å². The Morgan fingerprint density at radius 2 is 0.781 bits per heavy atom. The molecule has 8 heterocycles. The molecule has 0 amide bonds. The molecular weight excluding hydrogens is 969 g/mol. The number of hydrogen-bond donors (Lipinski definition) is 3. The minimum Gasteiger partial charge on any atom is -0.361 e. The molecule has 0 spiro atoms. The molecule has 12 rings (SSSR count). The molecular formula is C63H86N6S4. The second-order valence-electron chi connectivity index (χ2n) is 13.1. The fourth-order valence-corrected chi connectivity index (χ4v) is 8.28. The molecule has 0 saturated carbocycles. The third kappa shape index (κ3) is 29.6. The van der Waals surface area contributed by atoms with Gasteiger partial charge in [0.1, 0.15) is 0 Å². The molecule has 0 bridgehead atoms. The molecule has 0 unspecified atom stereocenters. The van der Waals surface area contributed by atoms with Gasteiger partial charge in [0.25, 0.3) is 0 Å². The normalized spacial score (nSPS) is 8.55. The van der Waals surface area contributed by atoms with Gasteiger partial charge in [-0.05, 0) is 119 Å². The molecule has 0 atom stereocenters. The van der Waals surface area contributed by atoms with E-state index in [1.807, 2.05) is 177 Å². The Bertz CT molecular complexity index is 2440. The van der Waals surface area contributed by atoms with Crippen LogP contribution >= 0.6 is 45.3 Å². The molecule has 8 aromatic heterocycles. The monoisotopic (exact) mass is 1050 g/mol. The Hall–Kier alpha value is -6.43. The minimum absolute atomic E-state index is 1.22. The van der Waals surface area contributed by atoms with Crippen LogP contribution in [0.4, 0.5) is 0 Å². The van der Waals surface area contributed by atoms with Gasteiger partial charge in [-0.2, -0.15) is 11.3 Å². The largest absolute Gasteiger partial charge is 0.361 e. The number of aromatic nitrogens is 6. The molecule has 3 N–H and O–H groups in total. The highest BCUT2D eigenvalue weighted by molar-refractivity contribution is 7.17. The number of imidazole rings is 1. The molecule has 0 aliphatic heterocycles. The fraction of sp³-hybridized carbons (Fsp3) is 0.254. The van der Waals surface area contributed by atoms with Crippen LogP contribution in [0.2, 0.25) is 0 Å². The second-order valence-corrected chi connectivity index (χ2v) is 16.5. The van der Waals surface area contributed by atoms with E-state index in [9.17, 15) is 0 Å². The van der Waals surface area contributed by atoms with Crippen molar-refractivity contribution in [2.24, 2.45) is 0 Å². The van der Waals surface area contributed by atoms with Crippen molar-refractivity contribution in [3.05, 3.63) is 232 Å². The van der Waals surface area contributed by atoms with Crippen molar-refractivity contribution in [3.63, 3.8) is 0 Å². The van der Waals surface area contributed by atoms with Crippen molar-refractivity contribution < 1.29 is 0 Å². The molecule has 0 radical (unpaired) electrons. The van der Waals surface area contributed by atoms with Crippen molar-refractivity contribution in [1.29, 1.82) is 0 Å². The number of nitrogens with zero attached hydrogens (tertiary/aromatic N) is 3. The third-order valence-electron chi connectivity index (χ3n) is 8.69. The Labute approximate surface area is 456 Å². The molecule has 0 aliphatic rings. The summed E-state index contributed by atoms with van der Waals surface area (Å²) in [4.78, 5) is 20.3. The predicted octanol–water partition coefficient (Wildman–Crippen LogP) is 21.9. The number of thiophene rings is 3.